The second-order valence-electron chi connectivity index (χ2n) is 4.07. The van der Waals surface area contributed by atoms with E-state index in [0.29, 0.717) is 6.54 Å². The van der Waals surface area contributed by atoms with Gasteiger partial charge in [0.2, 0.25) is 0 Å². The molecule has 0 saturated heterocycles. The van der Waals surface area contributed by atoms with E-state index in [1.807, 2.05) is 32.0 Å². The molecule has 0 aliphatic heterocycles. The van der Waals surface area contributed by atoms with Crippen LogP contribution < -0.4 is 10.5 Å². The number of fused-ring (bicyclic) bond motifs is 1. The summed E-state index contributed by atoms with van der Waals surface area (Å²) in [6.45, 7) is 4.63. The minimum Gasteiger partial charge on any atom is -0.491 e. The van der Waals surface area contributed by atoms with Crippen molar-refractivity contribution < 1.29 is 4.74 Å². The van der Waals surface area contributed by atoms with Crippen molar-refractivity contribution in [1.82, 2.24) is 9.97 Å². The number of aromatic nitrogens is 2. The monoisotopic (exact) mass is 219 g/mol. The molecule has 0 saturated carbocycles. The third-order valence-corrected chi connectivity index (χ3v) is 2.26. The van der Waals surface area contributed by atoms with Gasteiger partial charge in [0.1, 0.15) is 11.6 Å². The highest BCUT2D eigenvalue weighted by Gasteiger charge is 2.04. The fourth-order valence-electron chi connectivity index (χ4n) is 1.64. The zero-order valence-electron chi connectivity index (χ0n) is 9.66. The Morgan fingerprint density at radius 2 is 2.25 bits per heavy atom. The summed E-state index contributed by atoms with van der Waals surface area (Å²) in [5.74, 6) is 1.80. The van der Waals surface area contributed by atoms with Gasteiger partial charge in [-0.05, 0) is 32.5 Å². The molecule has 0 atom stereocenters. The zero-order valence-corrected chi connectivity index (χ0v) is 9.66. The molecule has 1 aromatic carbocycles. The van der Waals surface area contributed by atoms with E-state index in [-0.39, 0.29) is 6.10 Å². The van der Waals surface area contributed by atoms with Gasteiger partial charge < -0.3 is 15.5 Å². The van der Waals surface area contributed by atoms with Gasteiger partial charge >= 0.3 is 0 Å². The van der Waals surface area contributed by atoms with Gasteiger partial charge in [-0.15, -0.1) is 0 Å². The van der Waals surface area contributed by atoms with Crippen molar-refractivity contribution in [3.05, 3.63) is 24.0 Å². The number of H-pyrrole nitrogens is 1. The third kappa shape index (κ3) is 2.33. The topological polar surface area (TPSA) is 63.9 Å². The lowest BCUT2D eigenvalue weighted by Gasteiger charge is -2.08. The number of nitrogens with one attached hydrogen (secondary N) is 1. The molecule has 4 heteroatoms. The standard InChI is InChI=1S/C12H17N3O/c1-8(2)16-9-3-4-10-11(7-9)15-12(14-10)5-6-13/h3-4,7-8H,5-6,13H2,1-2H3,(H,14,15). The first-order valence-corrected chi connectivity index (χ1v) is 5.54. The Bertz CT molecular complexity index is 476. The average molecular weight is 219 g/mol. The van der Waals surface area contributed by atoms with Gasteiger partial charge in [-0.2, -0.15) is 0 Å². The Kier molecular flexibility index (Phi) is 3.10. The Morgan fingerprint density at radius 3 is 2.94 bits per heavy atom. The highest BCUT2D eigenvalue weighted by molar-refractivity contribution is 5.76. The van der Waals surface area contributed by atoms with Crippen molar-refractivity contribution in [3.63, 3.8) is 0 Å². The Labute approximate surface area is 94.8 Å². The Morgan fingerprint density at radius 1 is 1.44 bits per heavy atom. The van der Waals surface area contributed by atoms with Crippen LogP contribution in [0.3, 0.4) is 0 Å². The van der Waals surface area contributed by atoms with Crippen LogP contribution in [0.25, 0.3) is 11.0 Å². The lowest BCUT2D eigenvalue weighted by atomic mass is 10.3. The van der Waals surface area contributed by atoms with E-state index in [1.54, 1.807) is 0 Å². The molecule has 0 unspecified atom stereocenters. The summed E-state index contributed by atoms with van der Waals surface area (Å²) in [5, 5.41) is 0. The van der Waals surface area contributed by atoms with E-state index in [1.165, 1.54) is 0 Å². The second-order valence-corrected chi connectivity index (χ2v) is 4.07. The summed E-state index contributed by atoms with van der Waals surface area (Å²) in [7, 11) is 0. The van der Waals surface area contributed by atoms with Gasteiger partial charge in [-0.25, -0.2) is 4.98 Å². The fraction of sp³-hybridized carbons (Fsp3) is 0.417. The molecule has 1 heterocycles. The van der Waals surface area contributed by atoms with E-state index in [9.17, 15) is 0 Å². The van der Waals surface area contributed by atoms with E-state index in [0.717, 1.165) is 29.0 Å². The molecule has 2 aromatic rings. The number of hydrogen-bond donors (Lipinski definition) is 2. The fourth-order valence-corrected chi connectivity index (χ4v) is 1.64. The number of nitrogens with two attached hydrogens (primary N) is 1. The lowest BCUT2D eigenvalue weighted by Crippen LogP contribution is -2.05. The summed E-state index contributed by atoms with van der Waals surface area (Å²) >= 11 is 0. The molecule has 0 aliphatic rings. The van der Waals surface area contributed by atoms with Crippen molar-refractivity contribution in [2.75, 3.05) is 6.54 Å². The summed E-state index contributed by atoms with van der Waals surface area (Å²) in [6, 6.07) is 5.88. The Balaban J connectivity index is 2.30. The number of imidazole rings is 1. The minimum absolute atomic E-state index is 0.184. The molecule has 86 valence electrons. The first-order valence-electron chi connectivity index (χ1n) is 5.54. The lowest BCUT2D eigenvalue weighted by molar-refractivity contribution is 0.242. The molecule has 0 radical (unpaired) electrons. The van der Waals surface area contributed by atoms with Crippen molar-refractivity contribution in [1.29, 1.82) is 0 Å². The van der Waals surface area contributed by atoms with Crippen LogP contribution >= 0.6 is 0 Å². The maximum atomic E-state index is 5.62. The molecule has 3 N–H and O–H groups in total. The number of rotatable bonds is 4. The predicted octanol–water partition coefficient (Wildman–Crippen LogP) is 1.85. The molecule has 0 amide bonds. The van der Waals surface area contributed by atoms with Gasteiger partial charge in [0, 0.05) is 12.5 Å². The van der Waals surface area contributed by atoms with Crippen LogP contribution in [0.1, 0.15) is 19.7 Å². The molecule has 2 rings (SSSR count). The molecular formula is C12H17N3O. The largest absolute Gasteiger partial charge is 0.491 e. The van der Waals surface area contributed by atoms with Crippen LogP contribution in [0.2, 0.25) is 0 Å². The molecule has 1 aromatic heterocycles. The van der Waals surface area contributed by atoms with Crippen molar-refractivity contribution >= 4 is 11.0 Å². The Hall–Kier alpha value is -1.55. The predicted molar refractivity (Wildman–Crippen MR) is 64.6 cm³/mol. The molecule has 0 spiro atoms. The first-order chi connectivity index (χ1) is 7.69. The van der Waals surface area contributed by atoms with Crippen LogP contribution in [-0.4, -0.2) is 22.6 Å². The van der Waals surface area contributed by atoms with E-state index in [2.05, 4.69) is 9.97 Å². The quantitative estimate of drug-likeness (QED) is 0.824. The first kappa shape index (κ1) is 11.0. The van der Waals surface area contributed by atoms with Crippen LogP contribution in [0.15, 0.2) is 18.2 Å². The highest BCUT2D eigenvalue weighted by Crippen LogP contribution is 2.20. The maximum absolute atomic E-state index is 5.62. The molecule has 0 aliphatic carbocycles. The summed E-state index contributed by atoms with van der Waals surface area (Å²) in [6.07, 6.45) is 0.957. The second kappa shape index (κ2) is 4.53. The molecule has 0 bridgehead atoms. The van der Waals surface area contributed by atoms with Gasteiger partial charge in [-0.3, -0.25) is 0 Å². The van der Waals surface area contributed by atoms with Crippen molar-refractivity contribution in [3.8, 4) is 5.75 Å². The van der Waals surface area contributed by atoms with Gasteiger partial charge in [0.05, 0.1) is 17.1 Å². The minimum atomic E-state index is 0.184. The maximum Gasteiger partial charge on any atom is 0.121 e. The van der Waals surface area contributed by atoms with E-state index in [4.69, 9.17) is 10.5 Å². The third-order valence-electron chi connectivity index (χ3n) is 2.26. The zero-order chi connectivity index (χ0) is 11.5. The van der Waals surface area contributed by atoms with Crippen LogP contribution in [0.5, 0.6) is 5.75 Å². The van der Waals surface area contributed by atoms with E-state index < -0.39 is 0 Å². The van der Waals surface area contributed by atoms with Crippen LogP contribution in [0.4, 0.5) is 0 Å². The number of benzene rings is 1. The summed E-state index contributed by atoms with van der Waals surface area (Å²) in [4.78, 5) is 7.67. The van der Waals surface area contributed by atoms with Gasteiger partial charge in [-0.1, -0.05) is 0 Å². The highest BCUT2D eigenvalue weighted by atomic mass is 16.5. The average Bonchev–Trinajstić information content (AvgIpc) is 2.59. The van der Waals surface area contributed by atoms with Crippen molar-refractivity contribution in [2.24, 2.45) is 5.73 Å². The van der Waals surface area contributed by atoms with Gasteiger partial charge in [0.25, 0.3) is 0 Å². The van der Waals surface area contributed by atoms with Gasteiger partial charge in [0.15, 0.2) is 0 Å². The summed E-state index contributed by atoms with van der Waals surface area (Å²) < 4.78 is 5.62. The summed E-state index contributed by atoms with van der Waals surface area (Å²) in [5.41, 5.74) is 7.45. The smallest absolute Gasteiger partial charge is 0.121 e. The van der Waals surface area contributed by atoms with E-state index >= 15 is 0 Å². The SMILES string of the molecule is CC(C)Oc1ccc2nc(CCN)[nH]c2c1. The molecular weight excluding hydrogens is 202 g/mol. The molecule has 16 heavy (non-hydrogen) atoms. The normalized spacial score (nSPS) is 11.2. The molecule has 0 fully saturated rings. The number of nitrogens with zero attached hydrogens (tertiary/aromatic N) is 1. The number of ether oxygens (including phenoxy) is 1. The molecule has 4 nitrogen and oxygen atoms in total. The van der Waals surface area contributed by atoms with Crippen LogP contribution in [0, 0.1) is 0 Å². The number of hydrogen-bond acceptors (Lipinski definition) is 3. The number of aromatic amines is 1. The van der Waals surface area contributed by atoms with Crippen molar-refractivity contribution in [2.45, 2.75) is 26.4 Å². The van der Waals surface area contributed by atoms with Crippen LogP contribution in [-0.2, 0) is 6.42 Å².